The molecule has 2 atom stereocenters. The smallest absolute Gasteiger partial charge is 0.119 e. The first-order valence-corrected chi connectivity index (χ1v) is 8.85. The van der Waals surface area contributed by atoms with E-state index in [-0.39, 0.29) is 12.6 Å². The van der Waals surface area contributed by atoms with Crippen LogP contribution in [0.4, 0.5) is 0 Å². The molecule has 0 saturated carbocycles. The lowest BCUT2D eigenvalue weighted by atomic mass is 9.87. The molecule has 1 fully saturated rings. The van der Waals surface area contributed by atoms with Crippen molar-refractivity contribution in [2.24, 2.45) is 0 Å². The molecule has 134 valence electrons. The van der Waals surface area contributed by atoms with Crippen LogP contribution in [0.1, 0.15) is 36.5 Å². The monoisotopic (exact) mass is 341 g/mol. The molecule has 25 heavy (non-hydrogen) atoms. The first-order valence-electron chi connectivity index (χ1n) is 8.85. The topological polar surface area (TPSA) is 52.9 Å². The number of nitrogens with zero attached hydrogens (tertiary/aromatic N) is 1. The Bertz CT molecular complexity index is 679. The molecule has 2 N–H and O–H groups in total. The Kier molecular flexibility index (Phi) is 5.42. The molecule has 2 aromatic carbocycles. The maximum absolute atomic E-state index is 11.0. The van der Waals surface area contributed by atoms with Gasteiger partial charge >= 0.3 is 0 Å². The van der Waals surface area contributed by atoms with Gasteiger partial charge < -0.3 is 19.8 Å². The maximum atomic E-state index is 11.0. The molecule has 0 spiro atoms. The number of ether oxygens (including phenoxy) is 1. The molecule has 1 unspecified atom stereocenters. The van der Waals surface area contributed by atoms with Gasteiger partial charge in [0, 0.05) is 6.04 Å². The number of likely N-dealkylation sites (N-methyl/N-ethyl adjacent to an activating group) is 1. The average Bonchev–Trinajstić information content (AvgIpc) is 3.07. The minimum atomic E-state index is -0.857. The van der Waals surface area contributed by atoms with Crippen LogP contribution in [-0.2, 0) is 18.8 Å². The third-order valence-corrected chi connectivity index (χ3v) is 5.22. The zero-order valence-corrected chi connectivity index (χ0v) is 15.0. The predicted octanol–water partition coefficient (Wildman–Crippen LogP) is 3.06. The largest absolute Gasteiger partial charge is 0.489 e. The molecular formula is C21H27NO3. The number of likely N-dealkylation sites (tertiary alicyclic amines) is 1. The van der Waals surface area contributed by atoms with E-state index in [9.17, 15) is 5.11 Å². The normalized spacial score (nSPS) is 20.4. The van der Waals surface area contributed by atoms with E-state index in [1.807, 2.05) is 55.5 Å². The SMILES string of the molecule is CN1CCC[C@@H]1C(C)(O)c1ccc(OCc2ccc(CO)cc2)cc1. The summed E-state index contributed by atoms with van der Waals surface area (Å²) in [5.41, 5.74) is 2.02. The molecule has 1 aliphatic heterocycles. The van der Waals surface area contributed by atoms with Crippen molar-refractivity contribution in [3.8, 4) is 5.75 Å². The van der Waals surface area contributed by atoms with E-state index < -0.39 is 5.60 Å². The average molecular weight is 341 g/mol. The van der Waals surface area contributed by atoms with Crippen molar-refractivity contribution in [1.29, 1.82) is 0 Å². The molecular weight excluding hydrogens is 314 g/mol. The first kappa shape index (κ1) is 17.9. The van der Waals surface area contributed by atoms with Gasteiger partial charge in [-0.15, -0.1) is 0 Å². The third kappa shape index (κ3) is 4.03. The lowest BCUT2D eigenvalue weighted by Crippen LogP contribution is -2.43. The predicted molar refractivity (Wildman–Crippen MR) is 98.4 cm³/mol. The van der Waals surface area contributed by atoms with Crippen LogP contribution in [0.3, 0.4) is 0 Å². The molecule has 4 nitrogen and oxygen atoms in total. The first-order chi connectivity index (χ1) is 12.0. The van der Waals surface area contributed by atoms with Gasteiger partial charge in [0.2, 0.25) is 0 Å². The summed E-state index contributed by atoms with van der Waals surface area (Å²) in [6.07, 6.45) is 2.15. The number of aliphatic hydroxyl groups is 2. The number of rotatable bonds is 6. The second-order valence-electron chi connectivity index (χ2n) is 7.07. The van der Waals surface area contributed by atoms with Gasteiger partial charge in [0.05, 0.1) is 6.61 Å². The fourth-order valence-corrected chi connectivity index (χ4v) is 3.61. The van der Waals surface area contributed by atoms with Gasteiger partial charge in [-0.05, 0) is 62.2 Å². The summed E-state index contributed by atoms with van der Waals surface area (Å²) in [4.78, 5) is 2.24. The van der Waals surface area contributed by atoms with Crippen LogP contribution in [-0.4, -0.2) is 34.7 Å². The Hall–Kier alpha value is -1.88. The van der Waals surface area contributed by atoms with Crippen molar-refractivity contribution in [3.63, 3.8) is 0 Å². The second kappa shape index (κ2) is 7.56. The number of hydrogen-bond acceptors (Lipinski definition) is 4. The van der Waals surface area contributed by atoms with E-state index in [4.69, 9.17) is 9.84 Å². The Morgan fingerprint density at radius 3 is 2.28 bits per heavy atom. The van der Waals surface area contributed by atoms with Crippen molar-refractivity contribution in [3.05, 3.63) is 65.2 Å². The van der Waals surface area contributed by atoms with Gasteiger partial charge in [-0.2, -0.15) is 0 Å². The molecule has 2 aromatic rings. The Morgan fingerprint density at radius 1 is 1.08 bits per heavy atom. The van der Waals surface area contributed by atoms with Crippen molar-refractivity contribution >= 4 is 0 Å². The summed E-state index contributed by atoms with van der Waals surface area (Å²) in [5, 5.41) is 20.1. The standard InChI is InChI=1S/C21H27NO3/c1-21(24,20-4-3-13-22(20)2)18-9-11-19(12-10-18)25-15-17-7-5-16(14-23)6-8-17/h5-12,20,23-24H,3-4,13-15H2,1-2H3/t20-,21?/m1/s1. The van der Waals surface area contributed by atoms with Crippen LogP contribution in [0.2, 0.25) is 0 Å². The van der Waals surface area contributed by atoms with Crippen LogP contribution in [0.5, 0.6) is 5.75 Å². The molecule has 0 radical (unpaired) electrons. The van der Waals surface area contributed by atoms with Crippen molar-refractivity contribution in [2.45, 2.75) is 44.6 Å². The molecule has 3 rings (SSSR count). The van der Waals surface area contributed by atoms with Crippen LogP contribution >= 0.6 is 0 Å². The summed E-state index contributed by atoms with van der Waals surface area (Å²) in [6, 6.07) is 15.6. The van der Waals surface area contributed by atoms with E-state index in [0.29, 0.717) is 6.61 Å². The lowest BCUT2D eigenvalue weighted by molar-refractivity contribution is -0.0153. The lowest BCUT2D eigenvalue weighted by Gasteiger charge is -2.35. The highest BCUT2D eigenvalue weighted by Gasteiger charge is 2.38. The Balaban J connectivity index is 1.63. The van der Waals surface area contributed by atoms with Gasteiger partial charge in [0.15, 0.2) is 0 Å². The molecule has 0 amide bonds. The maximum Gasteiger partial charge on any atom is 0.119 e. The number of hydrogen-bond donors (Lipinski definition) is 2. The van der Waals surface area contributed by atoms with Crippen LogP contribution < -0.4 is 4.74 Å². The second-order valence-corrected chi connectivity index (χ2v) is 7.07. The summed E-state index contributed by atoms with van der Waals surface area (Å²) in [6.45, 7) is 3.47. The van der Waals surface area contributed by atoms with Gasteiger partial charge in [-0.1, -0.05) is 36.4 Å². The van der Waals surface area contributed by atoms with E-state index >= 15 is 0 Å². The molecule has 0 aromatic heterocycles. The minimum Gasteiger partial charge on any atom is -0.489 e. The zero-order chi connectivity index (χ0) is 17.9. The zero-order valence-electron chi connectivity index (χ0n) is 15.0. The minimum absolute atomic E-state index is 0.0543. The van der Waals surface area contributed by atoms with E-state index in [2.05, 4.69) is 11.9 Å². The summed E-state index contributed by atoms with van der Waals surface area (Å²) in [7, 11) is 2.08. The van der Waals surface area contributed by atoms with Crippen molar-refractivity contribution < 1.29 is 14.9 Å². The highest BCUT2D eigenvalue weighted by atomic mass is 16.5. The number of aliphatic hydroxyl groups excluding tert-OH is 1. The fourth-order valence-electron chi connectivity index (χ4n) is 3.61. The highest BCUT2D eigenvalue weighted by Crippen LogP contribution is 2.34. The van der Waals surface area contributed by atoms with E-state index in [0.717, 1.165) is 41.8 Å². The quantitative estimate of drug-likeness (QED) is 0.848. The van der Waals surface area contributed by atoms with Gasteiger partial charge in [-0.3, -0.25) is 0 Å². The molecule has 1 heterocycles. The summed E-state index contributed by atoms with van der Waals surface area (Å²) in [5.74, 6) is 0.783. The van der Waals surface area contributed by atoms with E-state index in [1.54, 1.807) is 0 Å². The molecule has 0 aliphatic carbocycles. The third-order valence-electron chi connectivity index (χ3n) is 5.22. The molecule has 4 heteroatoms. The molecule has 0 bridgehead atoms. The Labute approximate surface area is 149 Å². The van der Waals surface area contributed by atoms with Crippen LogP contribution in [0.15, 0.2) is 48.5 Å². The van der Waals surface area contributed by atoms with Gasteiger partial charge in [0.1, 0.15) is 18.0 Å². The van der Waals surface area contributed by atoms with Gasteiger partial charge in [0.25, 0.3) is 0 Å². The highest BCUT2D eigenvalue weighted by molar-refractivity contribution is 5.32. The van der Waals surface area contributed by atoms with E-state index in [1.165, 1.54) is 0 Å². The van der Waals surface area contributed by atoms with Gasteiger partial charge in [-0.25, -0.2) is 0 Å². The molecule has 1 saturated heterocycles. The van der Waals surface area contributed by atoms with Crippen molar-refractivity contribution in [1.82, 2.24) is 4.90 Å². The Morgan fingerprint density at radius 2 is 1.72 bits per heavy atom. The fraction of sp³-hybridized carbons (Fsp3) is 0.429. The van der Waals surface area contributed by atoms with Crippen LogP contribution in [0, 0.1) is 0 Å². The molecule has 1 aliphatic rings. The summed E-state index contributed by atoms with van der Waals surface area (Å²) >= 11 is 0. The van der Waals surface area contributed by atoms with Crippen molar-refractivity contribution in [2.75, 3.05) is 13.6 Å². The summed E-state index contributed by atoms with van der Waals surface area (Å²) < 4.78 is 5.83. The van der Waals surface area contributed by atoms with Crippen LogP contribution in [0.25, 0.3) is 0 Å². The number of benzene rings is 2.